The Balaban J connectivity index is 2.34. The molecule has 0 aliphatic rings. The Hall–Kier alpha value is -2.94. The van der Waals surface area contributed by atoms with Crippen LogP contribution in [0.3, 0.4) is 0 Å². The number of Topliss-reactive ketones (excluding diaryl/α,β-unsaturated/α-hetero) is 1. The summed E-state index contributed by atoms with van der Waals surface area (Å²) in [5, 5.41) is 18.9. The number of nitrogens with zero attached hydrogens (tertiary/aromatic N) is 2. The number of allylic oxidation sites excluding steroid dienone is 1. The van der Waals surface area contributed by atoms with Crippen LogP contribution in [0.4, 0.5) is 0 Å². The number of carbonyl (C=O) groups excluding carboxylic acids is 2. The summed E-state index contributed by atoms with van der Waals surface area (Å²) in [4.78, 5) is 25.5. The maximum absolute atomic E-state index is 12.7. The van der Waals surface area contributed by atoms with E-state index in [9.17, 15) is 20.1 Å². The fourth-order valence-corrected chi connectivity index (χ4v) is 4.30. The van der Waals surface area contributed by atoms with Crippen molar-refractivity contribution in [3.8, 4) is 17.9 Å². The summed E-state index contributed by atoms with van der Waals surface area (Å²) in [7, 11) is 1.54. The average Bonchev–Trinajstić information content (AvgIpc) is 3.01. The first kappa shape index (κ1) is 22.4. The van der Waals surface area contributed by atoms with E-state index >= 15 is 0 Å². The van der Waals surface area contributed by atoms with Crippen molar-refractivity contribution >= 4 is 45.1 Å². The van der Waals surface area contributed by atoms with Crippen molar-refractivity contribution in [3.05, 3.63) is 54.7 Å². The molecule has 0 aliphatic heterocycles. The summed E-state index contributed by atoms with van der Waals surface area (Å²) in [6, 6.07) is 9.14. The van der Waals surface area contributed by atoms with Crippen molar-refractivity contribution in [1.82, 2.24) is 0 Å². The molecule has 0 atom stereocenters. The molecule has 0 spiro atoms. The van der Waals surface area contributed by atoms with Crippen LogP contribution in [-0.4, -0.2) is 25.5 Å². The third kappa shape index (κ3) is 5.11. The van der Waals surface area contributed by atoms with Gasteiger partial charge in [0.15, 0.2) is 5.78 Å². The summed E-state index contributed by atoms with van der Waals surface area (Å²) in [5.41, 5.74) is 1.36. The van der Waals surface area contributed by atoms with Crippen LogP contribution in [0.2, 0.25) is 0 Å². The molecular weight excluding hydrogens is 456 g/mol. The number of methoxy groups -OCH3 is 1. The van der Waals surface area contributed by atoms with Crippen molar-refractivity contribution in [2.45, 2.75) is 20.3 Å². The lowest BCUT2D eigenvalue weighted by Gasteiger charge is -2.04. The standard InChI is InChI=1S/C21H17BrN2O4S/c1-4-28-21(26)20-12(2)15(11-24)19(29-20)9-17(25)14(10-23)7-13-5-6-18(27-3)16(22)8-13/h5-8H,4,9H2,1-3H3/b14-7+. The van der Waals surface area contributed by atoms with Gasteiger partial charge in [-0.25, -0.2) is 4.79 Å². The van der Waals surface area contributed by atoms with Crippen molar-refractivity contribution in [1.29, 1.82) is 10.5 Å². The van der Waals surface area contributed by atoms with Crippen LogP contribution < -0.4 is 4.74 Å². The zero-order valence-electron chi connectivity index (χ0n) is 16.0. The minimum absolute atomic E-state index is 0.0466. The van der Waals surface area contributed by atoms with Gasteiger partial charge in [0.2, 0.25) is 0 Å². The molecule has 0 saturated heterocycles. The van der Waals surface area contributed by atoms with Crippen molar-refractivity contribution in [2.75, 3.05) is 13.7 Å². The zero-order valence-corrected chi connectivity index (χ0v) is 18.4. The Morgan fingerprint density at radius 3 is 2.59 bits per heavy atom. The number of halogens is 1. The highest BCUT2D eigenvalue weighted by Gasteiger charge is 2.23. The summed E-state index contributed by atoms with van der Waals surface area (Å²) in [6.07, 6.45) is 1.33. The van der Waals surface area contributed by atoms with Gasteiger partial charge >= 0.3 is 5.97 Å². The molecule has 1 heterocycles. The van der Waals surface area contributed by atoms with Crippen molar-refractivity contribution < 1.29 is 19.1 Å². The minimum Gasteiger partial charge on any atom is -0.496 e. The van der Waals surface area contributed by atoms with Gasteiger partial charge in [-0.05, 0) is 59.1 Å². The van der Waals surface area contributed by atoms with Gasteiger partial charge in [0, 0.05) is 11.3 Å². The molecule has 8 heteroatoms. The second kappa shape index (κ2) is 10.0. The van der Waals surface area contributed by atoms with E-state index in [-0.39, 0.29) is 24.2 Å². The fraction of sp³-hybridized carbons (Fsp3) is 0.238. The Bertz CT molecular complexity index is 1070. The Labute approximate surface area is 181 Å². The highest BCUT2D eigenvalue weighted by atomic mass is 79.9. The third-order valence-electron chi connectivity index (χ3n) is 4.02. The van der Waals surface area contributed by atoms with Crippen LogP contribution in [-0.2, 0) is 16.0 Å². The number of hydrogen-bond donors (Lipinski definition) is 0. The third-order valence-corrected chi connectivity index (χ3v) is 5.91. The maximum atomic E-state index is 12.7. The van der Waals surface area contributed by atoms with Gasteiger partial charge in [0.05, 0.1) is 29.3 Å². The van der Waals surface area contributed by atoms with E-state index in [1.165, 1.54) is 6.08 Å². The highest BCUT2D eigenvalue weighted by molar-refractivity contribution is 9.10. The zero-order chi connectivity index (χ0) is 21.6. The first-order valence-corrected chi connectivity index (χ1v) is 10.1. The van der Waals surface area contributed by atoms with E-state index in [1.54, 1.807) is 39.2 Å². The Morgan fingerprint density at radius 2 is 2.03 bits per heavy atom. The number of nitriles is 2. The van der Waals surface area contributed by atoms with E-state index in [1.807, 2.05) is 12.1 Å². The predicted octanol–water partition coefficient (Wildman–Crippen LogP) is 4.59. The van der Waals surface area contributed by atoms with Crippen LogP contribution in [0.15, 0.2) is 28.2 Å². The fourth-order valence-electron chi connectivity index (χ4n) is 2.59. The number of carbonyl (C=O) groups is 2. The molecule has 0 fully saturated rings. The van der Waals surface area contributed by atoms with Crippen LogP contribution in [0, 0.1) is 29.6 Å². The average molecular weight is 473 g/mol. The predicted molar refractivity (Wildman–Crippen MR) is 113 cm³/mol. The lowest BCUT2D eigenvalue weighted by Crippen LogP contribution is -2.05. The number of benzene rings is 1. The smallest absolute Gasteiger partial charge is 0.348 e. The maximum Gasteiger partial charge on any atom is 0.348 e. The molecule has 6 nitrogen and oxygen atoms in total. The Kier molecular flexibility index (Phi) is 7.72. The van der Waals surface area contributed by atoms with E-state index in [2.05, 4.69) is 15.9 Å². The number of ketones is 1. The molecule has 2 aromatic rings. The molecule has 0 aliphatic carbocycles. The number of thiophene rings is 1. The molecule has 29 heavy (non-hydrogen) atoms. The number of ether oxygens (including phenoxy) is 2. The van der Waals surface area contributed by atoms with Crippen LogP contribution >= 0.6 is 27.3 Å². The topological polar surface area (TPSA) is 100 Å². The summed E-state index contributed by atoms with van der Waals surface area (Å²) < 4.78 is 10.9. The molecular formula is C21H17BrN2O4S. The highest BCUT2D eigenvalue weighted by Crippen LogP contribution is 2.30. The van der Waals surface area contributed by atoms with E-state index in [4.69, 9.17) is 9.47 Å². The van der Waals surface area contributed by atoms with Crippen LogP contribution in [0.1, 0.15) is 38.2 Å². The number of rotatable bonds is 7. The second-order valence-electron chi connectivity index (χ2n) is 5.85. The molecule has 0 unspecified atom stereocenters. The lowest BCUT2D eigenvalue weighted by atomic mass is 10.0. The van der Waals surface area contributed by atoms with Gasteiger partial charge in [0.25, 0.3) is 0 Å². The second-order valence-corrected chi connectivity index (χ2v) is 7.81. The monoisotopic (exact) mass is 472 g/mol. The molecule has 1 aromatic heterocycles. The van der Waals surface area contributed by atoms with Gasteiger partial charge in [0.1, 0.15) is 22.8 Å². The molecule has 0 bridgehead atoms. The molecule has 0 radical (unpaired) electrons. The Morgan fingerprint density at radius 1 is 1.31 bits per heavy atom. The summed E-state index contributed by atoms with van der Waals surface area (Å²) in [5.74, 6) is -0.330. The van der Waals surface area contributed by atoms with Gasteiger partial charge < -0.3 is 9.47 Å². The molecule has 148 valence electrons. The molecule has 0 saturated carbocycles. The molecule has 1 aromatic carbocycles. The van der Waals surface area contributed by atoms with E-state index in [0.29, 0.717) is 31.1 Å². The summed E-state index contributed by atoms with van der Waals surface area (Å²) >= 11 is 4.42. The normalized spacial score (nSPS) is 10.8. The number of hydrogen-bond acceptors (Lipinski definition) is 7. The SMILES string of the molecule is CCOC(=O)c1sc(CC(=O)/C(C#N)=C/c2ccc(OC)c(Br)c2)c(C#N)c1C. The van der Waals surface area contributed by atoms with E-state index in [0.717, 1.165) is 11.3 Å². The molecule has 0 amide bonds. The van der Waals surface area contributed by atoms with Gasteiger partial charge in [-0.3, -0.25) is 4.79 Å². The minimum atomic E-state index is -0.524. The quantitative estimate of drug-likeness (QED) is 0.331. The van der Waals surface area contributed by atoms with Gasteiger partial charge in [-0.2, -0.15) is 10.5 Å². The van der Waals surface area contributed by atoms with Crippen LogP contribution in [0.25, 0.3) is 6.08 Å². The molecule has 2 rings (SSSR count). The van der Waals surface area contributed by atoms with Gasteiger partial charge in [-0.15, -0.1) is 11.3 Å². The van der Waals surface area contributed by atoms with Crippen molar-refractivity contribution in [2.24, 2.45) is 0 Å². The van der Waals surface area contributed by atoms with Crippen molar-refractivity contribution in [3.63, 3.8) is 0 Å². The van der Waals surface area contributed by atoms with E-state index < -0.39 is 11.8 Å². The first-order valence-electron chi connectivity index (χ1n) is 8.54. The lowest BCUT2D eigenvalue weighted by molar-refractivity contribution is -0.114. The van der Waals surface area contributed by atoms with Gasteiger partial charge in [-0.1, -0.05) is 6.07 Å². The largest absolute Gasteiger partial charge is 0.496 e. The van der Waals surface area contributed by atoms with Crippen LogP contribution in [0.5, 0.6) is 5.75 Å². The molecule has 0 N–H and O–H groups in total. The summed E-state index contributed by atoms with van der Waals surface area (Å²) in [6.45, 7) is 3.55. The number of esters is 1. The first-order chi connectivity index (χ1) is 13.9.